The number of carbonyl (C=O) groups is 1. The van der Waals surface area contributed by atoms with E-state index in [0.717, 1.165) is 25.7 Å². The van der Waals surface area contributed by atoms with Gasteiger partial charge in [-0.2, -0.15) is 15.4 Å². The molecule has 1 saturated carbocycles. The Labute approximate surface area is 136 Å². The van der Waals surface area contributed by atoms with Crippen LogP contribution in [0.3, 0.4) is 0 Å². The molecule has 6 heteroatoms. The number of H-pyrrole nitrogens is 1. The molecule has 0 atom stereocenters. The van der Waals surface area contributed by atoms with Crippen LogP contribution in [0.4, 0.5) is 0 Å². The molecule has 1 amide bonds. The van der Waals surface area contributed by atoms with Gasteiger partial charge < -0.3 is 5.32 Å². The highest BCUT2D eigenvalue weighted by atomic mass is 16.2. The molecule has 0 unspecified atom stereocenters. The number of benzene rings is 1. The predicted octanol–water partition coefficient (Wildman–Crippen LogP) is 1.93. The largest absolute Gasteiger partial charge is 0.348 e. The van der Waals surface area contributed by atoms with Crippen molar-refractivity contribution in [1.82, 2.24) is 25.6 Å². The molecule has 1 aromatic carbocycles. The molecular formula is C17H23N5O. The van der Waals surface area contributed by atoms with Gasteiger partial charge in [-0.3, -0.25) is 9.69 Å². The highest BCUT2D eigenvalue weighted by Crippen LogP contribution is 2.40. The van der Waals surface area contributed by atoms with Crippen molar-refractivity contribution in [2.75, 3.05) is 14.1 Å². The smallest absolute Gasteiger partial charge is 0.273 e. The fraction of sp³-hybridized carbons (Fsp3) is 0.471. The van der Waals surface area contributed by atoms with Gasteiger partial charge in [-0.05, 0) is 45.3 Å². The minimum Gasteiger partial charge on any atom is -0.348 e. The number of hydrogen-bond donors (Lipinski definition) is 2. The minimum atomic E-state index is -0.152. The van der Waals surface area contributed by atoms with E-state index >= 15 is 0 Å². The van der Waals surface area contributed by atoms with E-state index in [1.54, 1.807) is 0 Å². The number of rotatable bonds is 4. The molecule has 1 aromatic heterocycles. The van der Waals surface area contributed by atoms with Gasteiger partial charge in [0, 0.05) is 11.6 Å². The van der Waals surface area contributed by atoms with Gasteiger partial charge in [0.15, 0.2) is 5.69 Å². The zero-order valence-electron chi connectivity index (χ0n) is 13.6. The van der Waals surface area contributed by atoms with Gasteiger partial charge in [-0.1, -0.05) is 30.3 Å². The molecule has 0 bridgehead atoms. The van der Waals surface area contributed by atoms with Gasteiger partial charge in [0.05, 0.1) is 6.20 Å². The van der Waals surface area contributed by atoms with Gasteiger partial charge in [-0.15, -0.1) is 0 Å². The quantitative estimate of drug-likeness (QED) is 0.904. The van der Waals surface area contributed by atoms with Crippen LogP contribution in [-0.2, 0) is 5.54 Å². The number of aromatic amines is 1. The van der Waals surface area contributed by atoms with Crippen molar-refractivity contribution in [3.8, 4) is 0 Å². The SMILES string of the molecule is CN(C)C1(c2ccccc2)CCC(NC(=O)c2cn[nH]n2)CC1. The molecule has 122 valence electrons. The molecule has 0 radical (unpaired) electrons. The van der Waals surface area contributed by atoms with Crippen LogP contribution in [0.25, 0.3) is 0 Å². The normalized spacial score (nSPS) is 24.6. The Hall–Kier alpha value is -2.21. The molecule has 2 aromatic rings. The summed E-state index contributed by atoms with van der Waals surface area (Å²) in [5.74, 6) is -0.152. The summed E-state index contributed by atoms with van der Waals surface area (Å²) in [5, 5.41) is 13.0. The fourth-order valence-corrected chi connectivity index (χ4v) is 3.55. The average molecular weight is 313 g/mol. The summed E-state index contributed by atoms with van der Waals surface area (Å²) in [6.07, 6.45) is 5.40. The van der Waals surface area contributed by atoms with E-state index in [-0.39, 0.29) is 17.5 Å². The van der Waals surface area contributed by atoms with E-state index in [1.807, 2.05) is 0 Å². The molecule has 1 fully saturated rings. The van der Waals surface area contributed by atoms with Crippen LogP contribution in [0, 0.1) is 0 Å². The highest BCUT2D eigenvalue weighted by molar-refractivity contribution is 5.92. The lowest BCUT2D eigenvalue weighted by Crippen LogP contribution is -2.48. The van der Waals surface area contributed by atoms with Gasteiger partial charge in [0.25, 0.3) is 5.91 Å². The van der Waals surface area contributed by atoms with Gasteiger partial charge >= 0.3 is 0 Å². The third-order valence-corrected chi connectivity index (χ3v) is 4.96. The third-order valence-electron chi connectivity index (χ3n) is 4.96. The van der Waals surface area contributed by atoms with E-state index in [4.69, 9.17) is 0 Å². The summed E-state index contributed by atoms with van der Waals surface area (Å²) in [4.78, 5) is 14.4. The third kappa shape index (κ3) is 3.12. The Bertz CT molecular complexity index is 630. The Morgan fingerprint density at radius 3 is 2.52 bits per heavy atom. The van der Waals surface area contributed by atoms with E-state index in [2.05, 4.69) is 70.1 Å². The van der Waals surface area contributed by atoms with Crippen LogP contribution in [0.5, 0.6) is 0 Å². The Kier molecular flexibility index (Phi) is 4.43. The second-order valence-electron chi connectivity index (χ2n) is 6.40. The lowest BCUT2D eigenvalue weighted by atomic mass is 9.74. The zero-order chi connectivity index (χ0) is 16.3. The van der Waals surface area contributed by atoms with Crippen molar-refractivity contribution in [1.29, 1.82) is 0 Å². The molecule has 0 saturated heterocycles. The molecule has 1 aliphatic carbocycles. The fourth-order valence-electron chi connectivity index (χ4n) is 3.55. The van der Waals surface area contributed by atoms with Gasteiger partial charge in [-0.25, -0.2) is 0 Å². The van der Waals surface area contributed by atoms with Gasteiger partial charge in [0.1, 0.15) is 0 Å². The Morgan fingerprint density at radius 1 is 1.26 bits per heavy atom. The van der Waals surface area contributed by atoms with Crippen LogP contribution in [0.1, 0.15) is 41.7 Å². The molecule has 1 aliphatic rings. The number of carbonyl (C=O) groups excluding carboxylic acids is 1. The molecule has 23 heavy (non-hydrogen) atoms. The summed E-state index contributed by atoms with van der Waals surface area (Å²) in [6, 6.07) is 10.8. The van der Waals surface area contributed by atoms with E-state index in [0.29, 0.717) is 5.69 Å². The summed E-state index contributed by atoms with van der Waals surface area (Å²) in [5.41, 5.74) is 1.75. The first-order chi connectivity index (χ1) is 11.1. The molecular weight excluding hydrogens is 290 g/mol. The van der Waals surface area contributed by atoms with Gasteiger partial charge in [0.2, 0.25) is 0 Å². The Morgan fingerprint density at radius 2 is 1.96 bits per heavy atom. The molecule has 1 heterocycles. The van der Waals surface area contributed by atoms with E-state index in [1.165, 1.54) is 11.8 Å². The van der Waals surface area contributed by atoms with Crippen molar-refractivity contribution in [3.63, 3.8) is 0 Å². The van der Waals surface area contributed by atoms with Crippen LogP contribution in [0.2, 0.25) is 0 Å². The second-order valence-corrected chi connectivity index (χ2v) is 6.40. The standard InChI is InChI=1S/C17H23N5O/c1-22(2)17(13-6-4-3-5-7-13)10-8-14(9-11-17)19-16(23)15-12-18-21-20-15/h3-7,12,14H,8-11H2,1-2H3,(H,19,23)(H,18,20,21). The predicted molar refractivity (Wildman–Crippen MR) is 87.9 cm³/mol. The lowest BCUT2D eigenvalue weighted by Gasteiger charge is -2.45. The van der Waals surface area contributed by atoms with Crippen molar-refractivity contribution in [2.45, 2.75) is 37.3 Å². The summed E-state index contributed by atoms with van der Waals surface area (Å²) in [7, 11) is 4.28. The van der Waals surface area contributed by atoms with Crippen LogP contribution in [-0.4, -0.2) is 46.4 Å². The number of amides is 1. The molecule has 6 nitrogen and oxygen atoms in total. The summed E-state index contributed by atoms with van der Waals surface area (Å²) >= 11 is 0. The maximum Gasteiger partial charge on any atom is 0.273 e. The first-order valence-corrected chi connectivity index (χ1v) is 8.01. The highest BCUT2D eigenvalue weighted by Gasteiger charge is 2.39. The first-order valence-electron chi connectivity index (χ1n) is 8.01. The second kappa shape index (κ2) is 6.50. The van der Waals surface area contributed by atoms with Crippen LogP contribution < -0.4 is 5.32 Å². The van der Waals surface area contributed by atoms with Crippen molar-refractivity contribution < 1.29 is 4.79 Å². The van der Waals surface area contributed by atoms with Crippen molar-refractivity contribution in [2.24, 2.45) is 0 Å². The molecule has 0 spiro atoms. The molecule has 3 rings (SSSR count). The minimum absolute atomic E-state index is 0.0520. The van der Waals surface area contributed by atoms with E-state index < -0.39 is 0 Å². The first kappa shape index (κ1) is 15.7. The van der Waals surface area contributed by atoms with Crippen LogP contribution >= 0.6 is 0 Å². The number of nitrogens with zero attached hydrogens (tertiary/aromatic N) is 3. The Balaban J connectivity index is 1.67. The summed E-state index contributed by atoms with van der Waals surface area (Å²) in [6.45, 7) is 0. The van der Waals surface area contributed by atoms with E-state index in [9.17, 15) is 4.79 Å². The zero-order valence-corrected chi connectivity index (χ0v) is 13.6. The maximum atomic E-state index is 12.1. The van der Waals surface area contributed by atoms with Crippen LogP contribution in [0.15, 0.2) is 36.5 Å². The number of hydrogen-bond acceptors (Lipinski definition) is 4. The maximum absolute atomic E-state index is 12.1. The molecule has 0 aliphatic heterocycles. The lowest BCUT2D eigenvalue weighted by molar-refractivity contribution is 0.0756. The van der Waals surface area contributed by atoms with Crippen molar-refractivity contribution in [3.05, 3.63) is 47.8 Å². The van der Waals surface area contributed by atoms with Crippen molar-refractivity contribution >= 4 is 5.91 Å². The average Bonchev–Trinajstić information content (AvgIpc) is 3.11. The number of nitrogens with one attached hydrogen (secondary N) is 2. The monoisotopic (exact) mass is 313 g/mol. The molecule has 2 N–H and O–H groups in total. The number of aromatic nitrogens is 3. The topological polar surface area (TPSA) is 73.9 Å². The summed E-state index contributed by atoms with van der Waals surface area (Å²) < 4.78 is 0.